The number of hydrogen-bond acceptors (Lipinski definition) is 11. The Morgan fingerprint density at radius 2 is 0.721 bits per heavy atom. The molecule has 11 nitrogen and oxygen atoms in total. The number of hydrogen-bond donors (Lipinski definition) is 0. The van der Waals surface area contributed by atoms with E-state index in [1.165, 1.54) is 109 Å². The van der Waals surface area contributed by atoms with Gasteiger partial charge in [0.25, 0.3) is 0 Å². The zero-order chi connectivity index (χ0) is 45.0. The van der Waals surface area contributed by atoms with E-state index in [0.29, 0.717) is 76.9 Å². The minimum Gasteiger partial charge on any atom is -0.466 e. The van der Waals surface area contributed by atoms with Gasteiger partial charge in [0, 0.05) is 32.1 Å². The second kappa shape index (κ2) is 43.9. The molecule has 0 bridgehead atoms. The van der Waals surface area contributed by atoms with Crippen molar-refractivity contribution in [2.45, 2.75) is 239 Å². The van der Waals surface area contributed by atoms with Crippen molar-refractivity contribution in [3.05, 3.63) is 0 Å². The molecule has 0 spiro atoms. The molecule has 11 heteroatoms. The molecule has 0 aromatic carbocycles. The van der Waals surface area contributed by atoms with Gasteiger partial charge in [-0.1, -0.05) is 149 Å². The molecule has 0 saturated carbocycles. The number of ether oxygens (including phenoxy) is 5. The van der Waals surface area contributed by atoms with Gasteiger partial charge in [-0.05, 0) is 77.9 Å². The van der Waals surface area contributed by atoms with E-state index >= 15 is 0 Å². The molecular formula is C50H93NO10. The fourth-order valence-corrected chi connectivity index (χ4v) is 7.19. The molecule has 0 saturated heterocycles. The van der Waals surface area contributed by atoms with Crippen molar-refractivity contribution in [1.82, 2.24) is 4.90 Å². The Morgan fingerprint density at radius 1 is 0.377 bits per heavy atom. The van der Waals surface area contributed by atoms with E-state index in [2.05, 4.69) is 20.8 Å². The van der Waals surface area contributed by atoms with Crippen LogP contribution < -0.4 is 0 Å². The molecule has 0 aliphatic rings. The highest BCUT2D eigenvalue weighted by molar-refractivity contribution is 5.71. The minimum atomic E-state index is -0.911. The highest BCUT2D eigenvalue weighted by atomic mass is 16.6. The number of carbonyl (C=O) groups excluding carboxylic acids is 5. The van der Waals surface area contributed by atoms with E-state index in [0.717, 1.165) is 32.2 Å². The lowest BCUT2D eigenvalue weighted by Gasteiger charge is -2.18. The summed E-state index contributed by atoms with van der Waals surface area (Å²) in [5.41, 5.74) is 0. The summed E-state index contributed by atoms with van der Waals surface area (Å²) in [6.07, 6.45) is 30.3. The SMILES string of the molecule is CCCCCCCCCCCOC(=O)CCCCCC(=O)OCC(COC(=O)CCCCCC(=O)OCC(CCCCCC)CCCCCCCC)OC(=O)CCCN(C)C. The van der Waals surface area contributed by atoms with Crippen molar-refractivity contribution in [1.29, 1.82) is 0 Å². The Balaban J connectivity index is 4.45. The molecule has 0 amide bonds. The minimum absolute atomic E-state index is 0.170. The topological polar surface area (TPSA) is 135 Å². The van der Waals surface area contributed by atoms with Crippen LogP contribution in [0.4, 0.5) is 0 Å². The molecule has 0 aromatic heterocycles. The maximum atomic E-state index is 12.6. The monoisotopic (exact) mass is 868 g/mol. The third-order valence-electron chi connectivity index (χ3n) is 11.1. The van der Waals surface area contributed by atoms with Crippen LogP contribution in [-0.2, 0) is 47.7 Å². The number of nitrogens with zero attached hydrogens (tertiary/aromatic N) is 1. The van der Waals surface area contributed by atoms with Crippen LogP contribution in [0.1, 0.15) is 233 Å². The largest absolute Gasteiger partial charge is 0.466 e. The van der Waals surface area contributed by atoms with Gasteiger partial charge in [0.1, 0.15) is 13.2 Å². The van der Waals surface area contributed by atoms with Gasteiger partial charge < -0.3 is 28.6 Å². The quantitative estimate of drug-likeness (QED) is 0.0329. The smallest absolute Gasteiger partial charge is 0.306 e. The molecule has 0 fully saturated rings. The Kier molecular flexibility index (Phi) is 42.0. The number of carbonyl (C=O) groups is 5. The molecule has 0 heterocycles. The van der Waals surface area contributed by atoms with Crippen molar-refractivity contribution < 1.29 is 47.7 Å². The summed E-state index contributed by atoms with van der Waals surface area (Å²) in [4.78, 5) is 64.2. The third kappa shape index (κ3) is 42.4. The predicted molar refractivity (Wildman–Crippen MR) is 245 cm³/mol. The number of esters is 5. The van der Waals surface area contributed by atoms with Crippen molar-refractivity contribution >= 4 is 29.8 Å². The van der Waals surface area contributed by atoms with E-state index in [1.807, 2.05) is 19.0 Å². The molecule has 2 unspecified atom stereocenters. The average Bonchev–Trinajstić information content (AvgIpc) is 3.23. The van der Waals surface area contributed by atoms with E-state index in [9.17, 15) is 24.0 Å². The Hall–Kier alpha value is -2.69. The second-order valence-electron chi connectivity index (χ2n) is 17.5. The number of rotatable bonds is 45. The number of unbranched alkanes of at least 4 members (excludes halogenated alkanes) is 20. The van der Waals surface area contributed by atoms with Crippen LogP contribution in [0.2, 0.25) is 0 Å². The maximum Gasteiger partial charge on any atom is 0.306 e. The first-order valence-electron chi connectivity index (χ1n) is 25.1. The first kappa shape index (κ1) is 58.3. The molecule has 0 radical (unpaired) electrons. The highest BCUT2D eigenvalue weighted by Gasteiger charge is 2.20. The van der Waals surface area contributed by atoms with Gasteiger partial charge in [0.05, 0.1) is 13.2 Å². The molecule has 0 aromatic rings. The van der Waals surface area contributed by atoms with Crippen LogP contribution in [0.15, 0.2) is 0 Å². The van der Waals surface area contributed by atoms with E-state index < -0.39 is 24.0 Å². The van der Waals surface area contributed by atoms with Crippen LogP contribution in [-0.4, -0.2) is 87.9 Å². The van der Waals surface area contributed by atoms with E-state index in [-0.39, 0.29) is 44.4 Å². The van der Waals surface area contributed by atoms with Crippen molar-refractivity contribution in [3.8, 4) is 0 Å². The van der Waals surface area contributed by atoms with Crippen LogP contribution in [0.3, 0.4) is 0 Å². The molecule has 0 aliphatic carbocycles. The zero-order valence-corrected chi connectivity index (χ0v) is 40.1. The fraction of sp³-hybridized carbons (Fsp3) is 0.900. The summed E-state index contributed by atoms with van der Waals surface area (Å²) in [7, 11) is 3.85. The fourth-order valence-electron chi connectivity index (χ4n) is 7.19. The van der Waals surface area contributed by atoms with Crippen LogP contribution in [0.25, 0.3) is 0 Å². The first-order valence-corrected chi connectivity index (χ1v) is 25.1. The van der Waals surface area contributed by atoms with Gasteiger partial charge in [-0.2, -0.15) is 0 Å². The van der Waals surface area contributed by atoms with Gasteiger partial charge in [-0.25, -0.2) is 0 Å². The Morgan fingerprint density at radius 3 is 1.16 bits per heavy atom. The summed E-state index contributed by atoms with van der Waals surface area (Å²) in [5.74, 6) is -1.26. The van der Waals surface area contributed by atoms with Crippen molar-refractivity contribution in [3.63, 3.8) is 0 Å². The predicted octanol–water partition coefficient (Wildman–Crippen LogP) is 12.2. The van der Waals surface area contributed by atoms with E-state index in [4.69, 9.17) is 23.7 Å². The van der Waals surface area contributed by atoms with Gasteiger partial charge in [0.15, 0.2) is 6.10 Å². The summed E-state index contributed by atoms with van der Waals surface area (Å²) in [6.45, 7) is 7.95. The molecule has 61 heavy (non-hydrogen) atoms. The average molecular weight is 868 g/mol. The molecule has 0 rings (SSSR count). The molecule has 0 aliphatic heterocycles. The van der Waals surface area contributed by atoms with Crippen LogP contribution in [0, 0.1) is 5.92 Å². The van der Waals surface area contributed by atoms with Crippen molar-refractivity contribution in [2.24, 2.45) is 5.92 Å². The van der Waals surface area contributed by atoms with Gasteiger partial charge >= 0.3 is 29.8 Å². The normalized spacial score (nSPS) is 12.2. The van der Waals surface area contributed by atoms with Gasteiger partial charge in [-0.3, -0.25) is 24.0 Å². The second-order valence-corrected chi connectivity index (χ2v) is 17.5. The first-order chi connectivity index (χ1) is 29.6. The Labute approximate surface area is 373 Å². The lowest BCUT2D eigenvalue weighted by Crippen LogP contribution is -2.31. The molecule has 358 valence electrons. The highest BCUT2D eigenvalue weighted by Crippen LogP contribution is 2.20. The van der Waals surface area contributed by atoms with Crippen LogP contribution in [0.5, 0.6) is 0 Å². The third-order valence-corrected chi connectivity index (χ3v) is 11.1. The summed E-state index contributed by atoms with van der Waals surface area (Å²) in [5, 5.41) is 0. The molecular weight excluding hydrogens is 775 g/mol. The lowest BCUT2D eigenvalue weighted by atomic mass is 9.95. The van der Waals surface area contributed by atoms with Gasteiger partial charge in [-0.15, -0.1) is 0 Å². The van der Waals surface area contributed by atoms with Crippen LogP contribution >= 0.6 is 0 Å². The molecule has 0 N–H and O–H groups in total. The van der Waals surface area contributed by atoms with Gasteiger partial charge in [0.2, 0.25) is 0 Å². The maximum absolute atomic E-state index is 12.6. The standard InChI is InChI=1S/C50H93NO10/c1-6-9-12-15-17-18-19-21-30-40-57-46(52)34-26-22-28-36-48(54)59-42-45(61-50(56)38-31-39-51(4)5)43-60-49(55)37-29-23-27-35-47(53)58-41-44(32-24-14-11-8-3)33-25-20-16-13-10-7-2/h44-45H,6-43H2,1-5H3. The summed E-state index contributed by atoms with van der Waals surface area (Å²) >= 11 is 0. The van der Waals surface area contributed by atoms with E-state index in [1.54, 1.807) is 0 Å². The summed E-state index contributed by atoms with van der Waals surface area (Å²) < 4.78 is 27.5. The summed E-state index contributed by atoms with van der Waals surface area (Å²) in [6, 6.07) is 0. The molecule has 2 atom stereocenters. The van der Waals surface area contributed by atoms with Crippen molar-refractivity contribution in [2.75, 3.05) is 47.1 Å². The lowest BCUT2D eigenvalue weighted by molar-refractivity contribution is -0.167. The Bertz CT molecular complexity index is 1070. The zero-order valence-electron chi connectivity index (χ0n) is 40.1.